The highest BCUT2D eigenvalue weighted by Crippen LogP contribution is 2.44. The third kappa shape index (κ3) is 6.57. The van der Waals surface area contributed by atoms with Crippen LogP contribution in [-0.2, 0) is 14.3 Å². The van der Waals surface area contributed by atoms with Crippen LogP contribution in [0, 0.1) is 5.41 Å². The average molecular weight is 469 g/mol. The molecule has 34 heavy (non-hydrogen) atoms. The summed E-state index contributed by atoms with van der Waals surface area (Å²) in [5.41, 5.74) is 4.15. The minimum Gasteiger partial charge on any atom is -0.480 e. The predicted octanol–water partition coefficient (Wildman–Crippen LogP) is 3.28. The molecule has 2 unspecified atom stereocenters. The van der Waals surface area contributed by atoms with Gasteiger partial charge in [0.1, 0.15) is 12.6 Å². The van der Waals surface area contributed by atoms with Crippen LogP contribution in [0.25, 0.3) is 11.1 Å². The maximum absolute atomic E-state index is 12.2. The van der Waals surface area contributed by atoms with E-state index in [2.05, 4.69) is 10.6 Å². The molecule has 0 saturated carbocycles. The zero-order chi connectivity index (χ0) is 24.9. The number of benzene rings is 2. The van der Waals surface area contributed by atoms with Crippen molar-refractivity contribution in [1.82, 2.24) is 10.6 Å². The zero-order valence-electron chi connectivity index (χ0n) is 19.7. The van der Waals surface area contributed by atoms with Crippen LogP contribution in [0.3, 0.4) is 0 Å². The van der Waals surface area contributed by atoms with E-state index in [0.717, 1.165) is 22.3 Å². The Bertz CT molecular complexity index is 1000. The standard InChI is InChI=1S/C26H32N2O6/c1-26(2,3)13-22(24(31)32)28-23(30)12-16(29)14-27-25(33)34-15-21-19-10-6-4-8-17(19)18-9-5-7-11-20(18)21/h4-11,16,21-22,29H,12-15H2,1-3H3,(H,27,33)(H,28,30)(H,31,32). The average Bonchev–Trinajstić information content (AvgIpc) is 3.08. The Labute approximate surface area is 199 Å². The molecule has 0 spiro atoms. The monoisotopic (exact) mass is 468 g/mol. The van der Waals surface area contributed by atoms with Crippen molar-refractivity contribution >= 4 is 18.0 Å². The summed E-state index contributed by atoms with van der Waals surface area (Å²) < 4.78 is 5.41. The first-order valence-corrected chi connectivity index (χ1v) is 11.3. The first-order valence-electron chi connectivity index (χ1n) is 11.3. The van der Waals surface area contributed by atoms with Gasteiger partial charge in [0.15, 0.2) is 0 Å². The second kappa shape index (κ2) is 10.7. The fourth-order valence-corrected chi connectivity index (χ4v) is 4.20. The Kier molecular flexibility index (Phi) is 7.94. The van der Waals surface area contributed by atoms with E-state index in [0.29, 0.717) is 0 Å². The molecule has 2 amide bonds. The van der Waals surface area contributed by atoms with Gasteiger partial charge in [0.25, 0.3) is 0 Å². The second-order valence-corrected chi connectivity index (χ2v) is 9.79. The van der Waals surface area contributed by atoms with Gasteiger partial charge in [-0.3, -0.25) is 4.79 Å². The Balaban J connectivity index is 1.46. The summed E-state index contributed by atoms with van der Waals surface area (Å²) in [5.74, 6) is -1.81. The van der Waals surface area contributed by atoms with Crippen LogP contribution >= 0.6 is 0 Å². The molecule has 4 N–H and O–H groups in total. The van der Waals surface area contributed by atoms with Crippen LogP contribution < -0.4 is 10.6 Å². The molecular formula is C26H32N2O6. The molecule has 3 rings (SSSR count). The highest BCUT2D eigenvalue weighted by atomic mass is 16.5. The summed E-state index contributed by atoms with van der Waals surface area (Å²) in [7, 11) is 0. The van der Waals surface area contributed by atoms with E-state index in [1.54, 1.807) is 0 Å². The Hall–Kier alpha value is -3.39. The lowest BCUT2D eigenvalue weighted by atomic mass is 9.88. The maximum Gasteiger partial charge on any atom is 0.407 e. The van der Waals surface area contributed by atoms with E-state index in [1.807, 2.05) is 69.3 Å². The molecule has 0 heterocycles. The lowest BCUT2D eigenvalue weighted by Crippen LogP contribution is -2.45. The van der Waals surface area contributed by atoms with Crippen molar-refractivity contribution in [3.05, 3.63) is 59.7 Å². The number of aliphatic carboxylic acids is 1. The van der Waals surface area contributed by atoms with Crippen molar-refractivity contribution in [3.63, 3.8) is 0 Å². The minimum absolute atomic E-state index is 0.0791. The minimum atomic E-state index is -1.18. The fraction of sp³-hybridized carbons (Fsp3) is 0.423. The van der Waals surface area contributed by atoms with Crippen LogP contribution in [0.4, 0.5) is 4.79 Å². The molecule has 1 aliphatic carbocycles. The zero-order valence-corrected chi connectivity index (χ0v) is 19.7. The molecular weight excluding hydrogens is 436 g/mol. The van der Waals surface area contributed by atoms with Gasteiger partial charge in [-0.15, -0.1) is 0 Å². The Morgan fingerprint density at radius 2 is 1.56 bits per heavy atom. The molecule has 0 fully saturated rings. The third-order valence-corrected chi connectivity index (χ3v) is 5.70. The van der Waals surface area contributed by atoms with Crippen molar-refractivity contribution in [1.29, 1.82) is 0 Å². The number of carboxylic acids is 1. The van der Waals surface area contributed by atoms with Crippen molar-refractivity contribution in [3.8, 4) is 11.1 Å². The summed E-state index contributed by atoms with van der Waals surface area (Å²) in [5, 5.41) is 24.3. The number of aliphatic hydroxyl groups is 1. The summed E-state index contributed by atoms with van der Waals surface area (Å²) in [6, 6.07) is 15.0. The number of alkyl carbamates (subject to hydrolysis) is 1. The van der Waals surface area contributed by atoms with Crippen molar-refractivity contribution in [2.45, 2.75) is 51.7 Å². The normalized spacial score (nSPS) is 14.5. The molecule has 0 aliphatic heterocycles. The SMILES string of the molecule is CC(C)(C)CC(NC(=O)CC(O)CNC(=O)OCC1c2ccccc2-c2ccccc21)C(=O)O. The van der Waals surface area contributed by atoms with E-state index in [1.165, 1.54) is 0 Å². The van der Waals surface area contributed by atoms with Gasteiger partial charge in [0.05, 0.1) is 12.5 Å². The van der Waals surface area contributed by atoms with Gasteiger partial charge in [-0.2, -0.15) is 0 Å². The molecule has 2 aromatic carbocycles. The molecule has 1 aliphatic rings. The lowest BCUT2D eigenvalue weighted by molar-refractivity contribution is -0.143. The largest absolute Gasteiger partial charge is 0.480 e. The molecule has 0 bridgehead atoms. The van der Waals surface area contributed by atoms with Gasteiger partial charge >= 0.3 is 12.1 Å². The quantitative estimate of drug-likeness (QED) is 0.448. The van der Waals surface area contributed by atoms with Gasteiger partial charge in [-0.1, -0.05) is 69.3 Å². The Morgan fingerprint density at radius 1 is 1.00 bits per heavy atom. The smallest absolute Gasteiger partial charge is 0.407 e. The fourth-order valence-electron chi connectivity index (χ4n) is 4.20. The summed E-state index contributed by atoms with van der Waals surface area (Å²) in [4.78, 5) is 35.8. The van der Waals surface area contributed by atoms with Crippen LogP contribution in [0.5, 0.6) is 0 Å². The maximum atomic E-state index is 12.2. The molecule has 2 atom stereocenters. The molecule has 0 saturated heterocycles. The second-order valence-electron chi connectivity index (χ2n) is 9.79. The van der Waals surface area contributed by atoms with Gasteiger partial charge in [0.2, 0.25) is 5.91 Å². The van der Waals surface area contributed by atoms with E-state index >= 15 is 0 Å². The van der Waals surface area contributed by atoms with Crippen molar-refractivity contribution in [2.24, 2.45) is 5.41 Å². The highest BCUT2D eigenvalue weighted by molar-refractivity contribution is 5.84. The number of ether oxygens (including phenoxy) is 1. The summed E-state index contributed by atoms with van der Waals surface area (Å²) in [6.45, 7) is 5.58. The van der Waals surface area contributed by atoms with Gasteiger partial charge < -0.3 is 25.6 Å². The predicted molar refractivity (Wildman–Crippen MR) is 127 cm³/mol. The molecule has 182 valence electrons. The molecule has 0 aromatic heterocycles. The van der Waals surface area contributed by atoms with E-state index in [4.69, 9.17) is 4.74 Å². The van der Waals surface area contributed by atoms with Crippen LogP contribution in [-0.4, -0.2) is 53.5 Å². The number of rotatable bonds is 9. The Morgan fingerprint density at radius 3 is 2.09 bits per heavy atom. The topological polar surface area (TPSA) is 125 Å². The van der Waals surface area contributed by atoms with E-state index < -0.39 is 30.1 Å². The number of carbonyl (C=O) groups excluding carboxylic acids is 2. The van der Waals surface area contributed by atoms with Crippen molar-refractivity contribution < 1.29 is 29.3 Å². The molecule has 2 aromatic rings. The summed E-state index contributed by atoms with van der Waals surface area (Å²) >= 11 is 0. The van der Waals surface area contributed by atoms with Gasteiger partial charge in [0, 0.05) is 12.5 Å². The van der Waals surface area contributed by atoms with Gasteiger partial charge in [-0.25, -0.2) is 9.59 Å². The number of fused-ring (bicyclic) bond motifs is 3. The number of carbonyl (C=O) groups is 3. The number of nitrogens with one attached hydrogen (secondary N) is 2. The van der Waals surface area contributed by atoms with Crippen LogP contribution in [0.15, 0.2) is 48.5 Å². The number of hydrogen-bond acceptors (Lipinski definition) is 5. The number of carboxylic acid groups (broad SMARTS) is 1. The number of aliphatic hydroxyl groups excluding tert-OH is 1. The third-order valence-electron chi connectivity index (χ3n) is 5.70. The van der Waals surface area contributed by atoms with Crippen LogP contribution in [0.2, 0.25) is 0 Å². The lowest BCUT2D eigenvalue weighted by Gasteiger charge is -2.24. The van der Waals surface area contributed by atoms with E-state index in [9.17, 15) is 24.6 Å². The first kappa shape index (κ1) is 25.2. The molecule has 8 heteroatoms. The van der Waals surface area contributed by atoms with Crippen LogP contribution in [0.1, 0.15) is 50.7 Å². The number of amides is 2. The van der Waals surface area contributed by atoms with E-state index in [-0.39, 0.29) is 37.3 Å². The molecule has 0 radical (unpaired) electrons. The molecule has 8 nitrogen and oxygen atoms in total. The highest BCUT2D eigenvalue weighted by Gasteiger charge is 2.29. The number of hydrogen-bond donors (Lipinski definition) is 4. The first-order chi connectivity index (χ1) is 16.0. The summed E-state index contributed by atoms with van der Waals surface area (Å²) in [6.07, 6.45) is -1.96. The van der Waals surface area contributed by atoms with Gasteiger partial charge in [-0.05, 0) is 34.1 Å². The van der Waals surface area contributed by atoms with Crippen molar-refractivity contribution in [2.75, 3.05) is 13.2 Å².